The first-order chi connectivity index (χ1) is 16.1. The predicted octanol–water partition coefficient (Wildman–Crippen LogP) is 3.80. The highest BCUT2D eigenvalue weighted by atomic mass is 16.5. The van der Waals surface area contributed by atoms with Gasteiger partial charge in [0.25, 0.3) is 0 Å². The Morgan fingerprint density at radius 2 is 2.06 bits per heavy atom. The van der Waals surface area contributed by atoms with Crippen LogP contribution in [0.5, 0.6) is 0 Å². The third-order valence-corrected chi connectivity index (χ3v) is 7.82. The number of aliphatic hydroxyl groups is 1. The van der Waals surface area contributed by atoms with Crippen LogP contribution in [0.1, 0.15) is 72.1 Å². The Morgan fingerprint density at radius 3 is 2.76 bits per heavy atom. The van der Waals surface area contributed by atoms with Gasteiger partial charge in [0.05, 0.1) is 24.5 Å². The van der Waals surface area contributed by atoms with E-state index >= 15 is 0 Å². The van der Waals surface area contributed by atoms with Gasteiger partial charge in [-0.1, -0.05) is 25.2 Å². The molecule has 190 valence electrons. The molecule has 0 bridgehead atoms. The molecule has 1 aliphatic heterocycles. The molecule has 34 heavy (non-hydrogen) atoms. The van der Waals surface area contributed by atoms with E-state index in [0.29, 0.717) is 31.7 Å². The summed E-state index contributed by atoms with van der Waals surface area (Å²) in [4.78, 5) is 39.1. The zero-order valence-electron chi connectivity index (χ0n) is 21.1. The summed E-state index contributed by atoms with van der Waals surface area (Å²) in [5.74, 6) is -0.143. The van der Waals surface area contributed by atoms with Crippen molar-refractivity contribution in [2.45, 2.75) is 84.3 Å². The number of nitrogens with zero attached hydrogens (tertiary/aromatic N) is 1. The lowest BCUT2D eigenvalue weighted by Crippen LogP contribution is -2.43. The molecule has 0 unspecified atom stereocenters. The summed E-state index contributed by atoms with van der Waals surface area (Å²) in [5, 5.41) is 9.91. The number of likely N-dealkylation sites (N-methyl/N-ethyl adjacent to an activating group) is 1. The van der Waals surface area contributed by atoms with Crippen LogP contribution in [0.25, 0.3) is 0 Å². The summed E-state index contributed by atoms with van der Waals surface area (Å²) >= 11 is 0. The first kappa shape index (κ1) is 26.5. The molecule has 0 saturated carbocycles. The Morgan fingerprint density at radius 1 is 1.29 bits per heavy atom. The van der Waals surface area contributed by atoms with Crippen LogP contribution in [0.3, 0.4) is 0 Å². The third kappa shape index (κ3) is 6.49. The molecule has 0 aromatic rings. The number of fused-ring (bicyclic) bond motifs is 1. The Bertz CT molecular complexity index is 816. The van der Waals surface area contributed by atoms with Crippen LogP contribution in [-0.2, 0) is 23.9 Å². The lowest BCUT2D eigenvalue weighted by Gasteiger charge is -2.40. The van der Waals surface area contributed by atoms with Gasteiger partial charge in [-0.05, 0) is 69.8 Å². The van der Waals surface area contributed by atoms with Gasteiger partial charge in [0.2, 0.25) is 5.91 Å². The average Bonchev–Trinajstić information content (AvgIpc) is 2.81. The van der Waals surface area contributed by atoms with Gasteiger partial charge in [-0.3, -0.25) is 14.4 Å². The first-order valence-electron chi connectivity index (χ1n) is 12.8. The number of amides is 1. The van der Waals surface area contributed by atoms with Crippen molar-refractivity contribution >= 4 is 17.8 Å². The number of hydrogen-bond acceptors (Lipinski definition) is 6. The number of carbonyl (C=O) groups is 3. The Labute approximate surface area is 203 Å². The molecule has 2 aliphatic carbocycles. The van der Waals surface area contributed by atoms with Gasteiger partial charge >= 0.3 is 11.9 Å². The van der Waals surface area contributed by atoms with Crippen molar-refractivity contribution in [1.82, 2.24) is 4.90 Å². The number of cyclic esters (lactones) is 1. The van der Waals surface area contributed by atoms with Crippen molar-refractivity contribution < 1.29 is 29.0 Å². The van der Waals surface area contributed by atoms with E-state index < -0.39 is 11.5 Å². The van der Waals surface area contributed by atoms with E-state index in [4.69, 9.17) is 9.47 Å². The standard InChI is InChI=1S/C27H41NO6/c1-5-27(2,3)26(32)33-15-14-28(4)25(31)22-11-7-10-18-8-6-9-19(24(18)22)12-13-21-16-20(29)17-23(30)34-21/h6,8,10,19-22,24,29H,5,7,9,11-17H2,1-4H3/t19-,20-,21-,22+,24-/m1/s1. The molecule has 7 nitrogen and oxygen atoms in total. The minimum Gasteiger partial charge on any atom is -0.463 e. The van der Waals surface area contributed by atoms with Crippen LogP contribution in [0.15, 0.2) is 23.8 Å². The fourth-order valence-corrected chi connectivity index (χ4v) is 5.30. The zero-order valence-corrected chi connectivity index (χ0v) is 21.1. The SMILES string of the molecule is CCC(C)(C)C(=O)OCCN(C)C(=O)[C@H]1CCC=C2C=CC[C@H](CC[C@@H]3C[C@@H](O)CC(=O)O3)[C@@H]21. The van der Waals surface area contributed by atoms with Gasteiger partial charge in [0.1, 0.15) is 12.7 Å². The van der Waals surface area contributed by atoms with Crippen molar-refractivity contribution in [3.63, 3.8) is 0 Å². The molecule has 1 amide bonds. The molecular weight excluding hydrogens is 434 g/mol. The molecular formula is C27H41NO6. The minimum absolute atomic E-state index is 0.0757. The molecule has 1 saturated heterocycles. The van der Waals surface area contributed by atoms with Gasteiger partial charge in [-0.15, -0.1) is 0 Å². The molecule has 1 heterocycles. The fourth-order valence-electron chi connectivity index (χ4n) is 5.30. The largest absolute Gasteiger partial charge is 0.463 e. The van der Waals surface area contributed by atoms with Crippen LogP contribution in [0, 0.1) is 23.2 Å². The van der Waals surface area contributed by atoms with Gasteiger partial charge in [-0.25, -0.2) is 0 Å². The fraction of sp³-hybridized carbons (Fsp3) is 0.741. The van der Waals surface area contributed by atoms with Crippen LogP contribution in [0.2, 0.25) is 0 Å². The second-order valence-electron chi connectivity index (χ2n) is 10.7. The lowest BCUT2D eigenvalue weighted by molar-refractivity contribution is -0.160. The van der Waals surface area contributed by atoms with Crippen LogP contribution in [0.4, 0.5) is 0 Å². The van der Waals surface area contributed by atoms with E-state index in [1.807, 2.05) is 20.8 Å². The number of ether oxygens (including phenoxy) is 2. The summed E-state index contributed by atoms with van der Waals surface area (Å²) in [5.41, 5.74) is 0.710. The normalized spacial score (nSPS) is 29.0. The Hall–Kier alpha value is -2.15. The quantitative estimate of drug-likeness (QED) is 0.510. The second kappa shape index (κ2) is 11.5. The number of allylic oxidation sites excluding steroid dienone is 4. The van der Waals surface area contributed by atoms with Crippen LogP contribution >= 0.6 is 0 Å². The number of carbonyl (C=O) groups excluding carboxylic acids is 3. The highest BCUT2D eigenvalue weighted by molar-refractivity contribution is 5.80. The van der Waals surface area contributed by atoms with E-state index in [9.17, 15) is 19.5 Å². The van der Waals surface area contributed by atoms with E-state index in [0.717, 1.165) is 25.7 Å². The van der Waals surface area contributed by atoms with Gasteiger partial charge in [0, 0.05) is 19.4 Å². The maximum atomic E-state index is 13.5. The number of hydrogen-bond donors (Lipinski definition) is 1. The Balaban J connectivity index is 1.59. The summed E-state index contributed by atoms with van der Waals surface area (Å²) in [6, 6.07) is 0. The second-order valence-corrected chi connectivity index (χ2v) is 10.7. The monoisotopic (exact) mass is 475 g/mol. The maximum absolute atomic E-state index is 13.5. The van der Waals surface area contributed by atoms with Crippen molar-refractivity contribution in [1.29, 1.82) is 0 Å². The summed E-state index contributed by atoms with van der Waals surface area (Å²) in [6.45, 7) is 6.27. The summed E-state index contributed by atoms with van der Waals surface area (Å²) in [6.07, 6.45) is 11.1. The maximum Gasteiger partial charge on any atom is 0.311 e. The molecule has 3 aliphatic rings. The van der Waals surface area contributed by atoms with Crippen molar-refractivity contribution in [2.24, 2.45) is 23.2 Å². The summed E-state index contributed by atoms with van der Waals surface area (Å²) < 4.78 is 10.9. The van der Waals surface area contributed by atoms with Crippen molar-refractivity contribution in [3.8, 4) is 0 Å². The third-order valence-electron chi connectivity index (χ3n) is 7.82. The van der Waals surface area contributed by atoms with Gasteiger partial charge in [-0.2, -0.15) is 0 Å². The molecule has 7 heteroatoms. The highest BCUT2D eigenvalue weighted by Crippen LogP contribution is 2.44. The van der Waals surface area contributed by atoms with E-state index in [2.05, 4.69) is 18.2 Å². The van der Waals surface area contributed by atoms with Gasteiger partial charge in [0.15, 0.2) is 0 Å². The number of esters is 2. The molecule has 1 N–H and O–H groups in total. The molecule has 0 aromatic carbocycles. The topological polar surface area (TPSA) is 93.1 Å². The van der Waals surface area contributed by atoms with E-state index in [1.54, 1.807) is 11.9 Å². The molecule has 0 radical (unpaired) electrons. The predicted molar refractivity (Wildman–Crippen MR) is 129 cm³/mol. The van der Waals surface area contributed by atoms with Crippen molar-refractivity contribution in [2.75, 3.05) is 20.2 Å². The average molecular weight is 476 g/mol. The molecule has 0 spiro atoms. The van der Waals surface area contributed by atoms with E-state index in [-0.39, 0.29) is 48.8 Å². The van der Waals surface area contributed by atoms with Crippen molar-refractivity contribution in [3.05, 3.63) is 23.8 Å². The van der Waals surface area contributed by atoms with E-state index in [1.165, 1.54) is 5.57 Å². The summed E-state index contributed by atoms with van der Waals surface area (Å²) in [7, 11) is 1.79. The highest BCUT2D eigenvalue weighted by Gasteiger charge is 2.40. The van der Waals surface area contributed by atoms with Crippen LogP contribution in [-0.4, -0.2) is 60.3 Å². The van der Waals surface area contributed by atoms with Crippen LogP contribution < -0.4 is 0 Å². The number of rotatable bonds is 9. The Kier molecular flexibility index (Phi) is 8.96. The van der Waals surface area contributed by atoms with Gasteiger partial charge < -0.3 is 19.5 Å². The molecule has 5 atom stereocenters. The molecule has 0 aromatic heterocycles. The molecule has 1 fully saturated rings. The number of aliphatic hydroxyl groups excluding tert-OH is 1. The zero-order chi connectivity index (χ0) is 24.9. The molecule has 3 rings (SSSR count). The minimum atomic E-state index is -0.623. The smallest absolute Gasteiger partial charge is 0.311 e. The lowest BCUT2D eigenvalue weighted by atomic mass is 9.66. The first-order valence-corrected chi connectivity index (χ1v) is 12.8.